The van der Waals surface area contributed by atoms with E-state index >= 15 is 0 Å². The molecule has 136 valence electrons. The van der Waals surface area contributed by atoms with Crippen LogP contribution in [0.5, 0.6) is 0 Å². The number of aromatic nitrogens is 4. The van der Waals surface area contributed by atoms with Gasteiger partial charge >= 0.3 is 0 Å². The van der Waals surface area contributed by atoms with Crippen molar-refractivity contribution in [1.29, 1.82) is 0 Å². The molecule has 0 aliphatic heterocycles. The lowest BCUT2D eigenvalue weighted by molar-refractivity contribution is 0.528. The van der Waals surface area contributed by atoms with Gasteiger partial charge in [-0.1, -0.05) is 29.5 Å². The molecule has 4 aromatic rings. The molecule has 0 saturated carbocycles. The van der Waals surface area contributed by atoms with Gasteiger partial charge in [0.05, 0.1) is 5.75 Å². The molecule has 1 aromatic carbocycles. The lowest BCUT2D eigenvalue weighted by Crippen LogP contribution is -1.93. The maximum atomic E-state index is 5.88. The van der Waals surface area contributed by atoms with E-state index in [1.807, 2.05) is 30.4 Å². The van der Waals surface area contributed by atoms with E-state index in [2.05, 4.69) is 34.2 Å². The quantitative estimate of drug-likeness (QED) is 0.353. The van der Waals surface area contributed by atoms with Crippen LogP contribution in [0.1, 0.15) is 34.1 Å². The summed E-state index contributed by atoms with van der Waals surface area (Å²) < 4.78 is 5.88. The molecule has 1 aliphatic carbocycles. The molecule has 0 fully saturated rings. The Hall–Kier alpha value is -2.25. The number of aryl methyl sites for hydroxylation is 4. The lowest BCUT2D eigenvalue weighted by atomic mass is 10.1. The zero-order valence-corrected chi connectivity index (χ0v) is 16.8. The first-order valence-electron chi connectivity index (χ1n) is 8.98. The van der Waals surface area contributed by atoms with Gasteiger partial charge in [-0.25, -0.2) is 9.97 Å². The van der Waals surface area contributed by atoms with E-state index in [1.165, 1.54) is 34.2 Å². The summed E-state index contributed by atoms with van der Waals surface area (Å²) in [5.74, 6) is 2.60. The van der Waals surface area contributed by atoms with Gasteiger partial charge in [-0.2, -0.15) is 0 Å². The van der Waals surface area contributed by atoms with Gasteiger partial charge in [0.15, 0.2) is 0 Å². The monoisotopic (exact) mass is 394 g/mol. The molecule has 0 amide bonds. The molecule has 0 radical (unpaired) electrons. The molecule has 3 heterocycles. The second-order valence-electron chi connectivity index (χ2n) is 6.77. The van der Waals surface area contributed by atoms with Crippen molar-refractivity contribution in [2.75, 3.05) is 0 Å². The first-order valence-corrected chi connectivity index (χ1v) is 10.8. The summed E-state index contributed by atoms with van der Waals surface area (Å²) >= 11 is 3.48. The van der Waals surface area contributed by atoms with Gasteiger partial charge in [0.2, 0.25) is 11.8 Å². The van der Waals surface area contributed by atoms with E-state index < -0.39 is 0 Å². The summed E-state index contributed by atoms with van der Waals surface area (Å²) in [5, 5.41) is 10.7. The molecule has 0 unspecified atom stereocenters. The predicted molar refractivity (Wildman–Crippen MR) is 108 cm³/mol. The fourth-order valence-corrected chi connectivity index (χ4v) is 5.81. The summed E-state index contributed by atoms with van der Waals surface area (Å²) in [6.45, 7) is 4.01. The third-order valence-corrected chi connectivity index (χ3v) is 6.85. The SMILES string of the molecule is Cc1cccc(-c2nnc(CSc3nc(C)nc4sc5c(c34)CCC5)o2)c1. The molecule has 0 saturated heterocycles. The molecular weight excluding hydrogens is 376 g/mol. The van der Waals surface area contributed by atoms with Crippen molar-refractivity contribution in [3.63, 3.8) is 0 Å². The average Bonchev–Trinajstić information content (AvgIpc) is 3.35. The number of benzene rings is 1. The molecule has 7 heteroatoms. The highest BCUT2D eigenvalue weighted by atomic mass is 32.2. The van der Waals surface area contributed by atoms with Crippen LogP contribution in [0.3, 0.4) is 0 Å². The molecule has 5 nitrogen and oxygen atoms in total. The summed E-state index contributed by atoms with van der Waals surface area (Å²) in [7, 11) is 0. The fraction of sp³-hybridized carbons (Fsp3) is 0.300. The van der Waals surface area contributed by atoms with Crippen molar-refractivity contribution in [2.45, 2.75) is 43.9 Å². The van der Waals surface area contributed by atoms with Crippen molar-refractivity contribution in [3.05, 3.63) is 52.0 Å². The van der Waals surface area contributed by atoms with Gasteiger partial charge in [-0.3, -0.25) is 0 Å². The average molecular weight is 395 g/mol. The second kappa shape index (κ2) is 6.73. The Morgan fingerprint density at radius 2 is 2.07 bits per heavy atom. The van der Waals surface area contributed by atoms with Crippen molar-refractivity contribution >= 4 is 33.3 Å². The van der Waals surface area contributed by atoms with Crippen LogP contribution in [-0.4, -0.2) is 20.2 Å². The van der Waals surface area contributed by atoms with E-state index in [1.54, 1.807) is 11.8 Å². The summed E-state index contributed by atoms with van der Waals surface area (Å²) in [6.07, 6.45) is 3.54. The van der Waals surface area contributed by atoms with Crippen LogP contribution >= 0.6 is 23.1 Å². The number of rotatable bonds is 4. The minimum Gasteiger partial charge on any atom is -0.420 e. The van der Waals surface area contributed by atoms with Gasteiger partial charge in [-0.15, -0.1) is 21.5 Å². The van der Waals surface area contributed by atoms with Gasteiger partial charge in [0.1, 0.15) is 15.7 Å². The van der Waals surface area contributed by atoms with Crippen LogP contribution in [0.4, 0.5) is 0 Å². The molecule has 1 aliphatic rings. The Morgan fingerprint density at radius 1 is 1.15 bits per heavy atom. The summed E-state index contributed by atoms with van der Waals surface area (Å²) in [4.78, 5) is 12.0. The number of fused-ring (bicyclic) bond motifs is 3. The molecule has 5 rings (SSSR count). The highest BCUT2D eigenvalue weighted by molar-refractivity contribution is 7.98. The maximum Gasteiger partial charge on any atom is 0.247 e. The number of thiophene rings is 1. The minimum atomic E-state index is 0.565. The Bertz CT molecular complexity index is 1150. The number of hydrogen-bond acceptors (Lipinski definition) is 7. The minimum absolute atomic E-state index is 0.565. The van der Waals surface area contributed by atoms with Crippen LogP contribution in [-0.2, 0) is 18.6 Å². The lowest BCUT2D eigenvalue weighted by Gasteiger charge is -2.04. The number of thioether (sulfide) groups is 1. The van der Waals surface area contributed by atoms with Crippen LogP contribution < -0.4 is 0 Å². The van der Waals surface area contributed by atoms with E-state index in [0.717, 1.165) is 27.7 Å². The topological polar surface area (TPSA) is 64.7 Å². The second-order valence-corrected chi connectivity index (χ2v) is 8.82. The van der Waals surface area contributed by atoms with Crippen molar-refractivity contribution in [1.82, 2.24) is 20.2 Å². The molecule has 0 atom stereocenters. The molecule has 27 heavy (non-hydrogen) atoms. The van der Waals surface area contributed by atoms with Crippen LogP contribution in [0.15, 0.2) is 33.7 Å². The summed E-state index contributed by atoms with van der Waals surface area (Å²) in [6, 6.07) is 8.10. The Labute approximate surface area is 165 Å². The Kier molecular flexibility index (Phi) is 4.21. The highest BCUT2D eigenvalue weighted by Crippen LogP contribution is 2.41. The largest absolute Gasteiger partial charge is 0.420 e. The zero-order valence-electron chi connectivity index (χ0n) is 15.2. The first-order chi connectivity index (χ1) is 13.2. The molecule has 0 bridgehead atoms. The van der Waals surface area contributed by atoms with E-state index in [-0.39, 0.29) is 0 Å². The zero-order chi connectivity index (χ0) is 18.4. The van der Waals surface area contributed by atoms with E-state index in [4.69, 9.17) is 9.40 Å². The van der Waals surface area contributed by atoms with Crippen molar-refractivity contribution in [2.24, 2.45) is 0 Å². The standard InChI is InChI=1S/C20H18N4OS2/c1-11-5-3-6-13(9-11)18-24-23-16(25-18)10-26-19-17-14-7-4-8-15(14)27-20(17)22-12(2)21-19/h3,5-6,9H,4,7-8,10H2,1-2H3. The molecule has 0 N–H and O–H groups in total. The maximum absolute atomic E-state index is 5.88. The third kappa shape index (κ3) is 3.15. The van der Waals surface area contributed by atoms with Gasteiger partial charge in [0.25, 0.3) is 0 Å². The van der Waals surface area contributed by atoms with Gasteiger partial charge in [0, 0.05) is 15.8 Å². The van der Waals surface area contributed by atoms with E-state index in [0.29, 0.717) is 17.5 Å². The van der Waals surface area contributed by atoms with Gasteiger partial charge in [-0.05, 0) is 50.8 Å². The number of hydrogen-bond donors (Lipinski definition) is 0. The molecular formula is C20H18N4OS2. The predicted octanol–water partition coefficient (Wildman–Crippen LogP) is 5.14. The Morgan fingerprint density at radius 3 is 2.96 bits per heavy atom. The van der Waals surface area contributed by atoms with Crippen LogP contribution in [0.2, 0.25) is 0 Å². The van der Waals surface area contributed by atoms with Crippen molar-refractivity contribution < 1.29 is 4.42 Å². The summed E-state index contributed by atoms with van der Waals surface area (Å²) in [5.41, 5.74) is 3.57. The van der Waals surface area contributed by atoms with Gasteiger partial charge < -0.3 is 4.42 Å². The fourth-order valence-electron chi connectivity index (χ4n) is 3.51. The van der Waals surface area contributed by atoms with E-state index in [9.17, 15) is 0 Å². The van der Waals surface area contributed by atoms with Crippen LogP contribution in [0.25, 0.3) is 21.7 Å². The smallest absolute Gasteiger partial charge is 0.247 e. The van der Waals surface area contributed by atoms with Crippen LogP contribution in [0, 0.1) is 13.8 Å². The third-order valence-electron chi connectivity index (χ3n) is 4.71. The molecule has 0 spiro atoms. The first kappa shape index (κ1) is 16.9. The number of nitrogens with zero attached hydrogens (tertiary/aromatic N) is 4. The molecule has 3 aromatic heterocycles. The van der Waals surface area contributed by atoms with Crippen molar-refractivity contribution in [3.8, 4) is 11.5 Å². The Balaban J connectivity index is 1.42. The normalized spacial score (nSPS) is 13.4. The highest BCUT2D eigenvalue weighted by Gasteiger charge is 2.22.